The highest BCUT2D eigenvalue weighted by Gasteiger charge is 2.20. The molecule has 0 aliphatic heterocycles. The van der Waals surface area contributed by atoms with Crippen molar-refractivity contribution in [3.63, 3.8) is 0 Å². The van der Waals surface area contributed by atoms with E-state index >= 15 is 0 Å². The van der Waals surface area contributed by atoms with Gasteiger partial charge >= 0.3 is 0 Å². The third-order valence-electron chi connectivity index (χ3n) is 4.90. The van der Waals surface area contributed by atoms with Crippen molar-refractivity contribution < 1.29 is 0 Å². The molecule has 1 aliphatic rings. The lowest BCUT2D eigenvalue weighted by atomic mass is 9.87. The van der Waals surface area contributed by atoms with Gasteiger partial charge in [0.15, 0.2) is 5.65 Å². The van der Waals surface area contributed by atoms with Crippen molar-refractivity contribution in [1.82, 2.24) is 14.6 Å². The highest BCUT2D eigenvalue weighted by atomic mass is 16.1. The summed E-state index contributed by atoms with van der Waals surface area (Å²) in [4.78, 5) is 17.4. The Balaban J connectivity index is 1.92. The molecule has 4 rings (SSSR count). The number of fused-ring (bicyclic) bond motifs is 1. The number of rotatable bonds is 2. The number of nitrogens with zero attached hydrogens (tertiary/aromatic N) is 2. The quantitative estimate of drug-likeness (QED) is 0.776. The molecule has 118 valence electrons. The SMILES string of the molecule is Cc1[nH]n2c(=O)cc(C3CCCCC3)nc2c1-c1ccccc1. The van der Waals surface area contributed by atoms with Crippen molar-refractivity contribution in [2.45, 2.75) is 44.9 Å². The summed E-state index contributed by atoms with van der Waals surface area (Å²) < 4.78 is 1.57. The van der Waals surface area contributed by atoms with Gasteiger partial charge in [-0.05, 0) is 25.3 Å². The van der Waals surface area contributed by atoms with Gasteiger partial charge in [-0.15, -0.1) is 0 Å². The first-order chi connectivity index (χ1) is 11.2. The molecule has 2 aromatic heterocycles. The van der Waals surface area contributed by atoms with Crippen LogP contribution in [0.1, 0.15) is 49.4 Å². The molecule has 1 fully saturated rings. The van der Waals surface area contributed by atoms with Crippen LogP contribution in [0, 0.1) is 6.92 Å². The van der Waals surface area contributed by atoms with E-state index in [1.54, 1.807) is 10.6 Å². The zero-order valence-electron chi connectivity index (χ0n) is 13.4. The first-order valence-electron chi connectivity index (χ1n) is 8.42. The molecule has 0 bridgehead atoms. The van der Waals surface area contributed by atoms with Crippen LogP contribution in [0.4, 0.5) is 0 Å². The fourth-order valence-corrected chi connectivity index (χ4v) is 3.72. The number of H-pyrrole nitrogens is 1. The van der Waals surface area contributed by atoms with Crippen molar-refractivity contribution in [2.75, 3.05) is 0 Å². The van der Waals surface area contributed by atoms with Gasteiger partial charge in [-0.3, -0.25) is 9.89 Å². The fourth-order valence-electron chi connectivity index (χ4n) is 3.72. The lowest BCUT2D eigenvalue weighted by Crippen LogP contribution is -2.18. The van der Waals surface area contributed by atoms with E-state index in [9.17, 15) is 4.79 Å². The summed E-state index contributed by atoms with van der Waals surface area (Å²) in [6, 6.07) is 11.9. The minimum Gasteiger partial charge on any atom is -0.293 e. The molecule has 1 aliphatic carbocycles. The maximum absolute atomic E-state index is 12.5. The second-order valence-electron chi connectivity index (χ2n) is 6.49. The maximum Gasteiger partial charge on any atom is 0.272 e. The number of hydrogen-bond acceptors (Lipinski definition) is 2. The van der Waals surface area contributed by atoms with Crippen molar-refractivity contribution in [1.29, 1.82) is 0 Å². The van der Waals surface area contributed by atoms with Crippen LogP contribution >= 0.6 is 0 Å². The van der Waals surface area contributed by atoms with Crippen molar-refractivity contribution >= 4 is 5.65 Å². The lowest BCUT2D eigenvalue weighted by molar-refractivity contribution is 0.436. The smallest absolute Gasteiger partial charge is 0.272 e. The van der Waals surface area contributed by atoms with E-state index in [4.69, 9.17) is 4.98 Å². The normalized spacial score (nSPS) is 16.0. The molecule has 0 amide bonds. The first-order valence-corrected chi connectivity index (χ1v) is 8.42. The van der Waals surface area contributed by atoms with Crippen LogP contribution in [-0.2, 0) is 0 Å². The average molecular weight is 307 g/mol. The average Bonchev–Trinajstić information content (AvgIpc) is 2.93. The highest BCUT2D eigenvalue weighted by Crippen LogP contribution is 2.32. The molecule has 1 N–H and O–H groups in total. The maximum atomic E-state index is 12.5. The van der Waals surface area contributed by atoms with Gasteiger partial charge in [-0.2, -0.15) is 0 Å². The van der Waals surface area contributed by atoms with Crippen molar-refractivity contribution in [3.05, 3.63) is 58.1 Å². The van der Waals surface area contributed by atoms with E-state index in [-0.39, 0.29) is 5.56 Å². The van der Waals surface area contributed by atoms with Crippen LogP contribution in [0.25, 0.3) is 16.8 Å². The van der Waals surface area contributed by atoms with Gasteiger partial charge in [0.2, 0.25) is 0 Å². The topological polar surface area (TPSA) is 50.2 Å². The van der Waals surface area contributed by atoms with Gasteiger partial charge in [0.25, 0.3) is 5.56 Å². The zero-order valence-corrected chi connectivity index (χ0v) is 13.4. The van der Waals surface area contributed by atoms with Gasteiger partial charge in [0.1, 0.15) is 0 Å². The molecule has 4 nitrogen and oxygen atoms in total. The summed E-state index contributed by atoms with van der Waals surface area (Å²) in [6.45, 7) is 2.00. The van der Waals surface area contributed by atoms with Crippen LogP contribution in [0.5, 0.6) is 0 Å². The van der Waals surface area contributed by atoms with Gasteiger partial charge in [0.05, 0.1) is 5.69 Å². The zero-order chi connectivity index (χ0) is 15.8. The van der Waals surface area contributed by atoms with Crippen molar-refractivity contribution in [2.24, 2.45) is 0 Å². The van der Waals surface area contributed by atoms with Gasteiger partial charge in [-0.1, -0.05) is 49.6 Å². The molecular weight excluding hydrogens is 286 g/mol. The molecule has 3 aromatic rings. The second kappa shape index (κ2) is 5.69. The second-order valence-corrected chi connectivity index (χ2v) is 6.49. The van der Waals surface area contributed by atoms with E-state index in [1.165, 1.54) is 19.3 Å². The molecule has 0 unspecified atom stereocenters. The standard InChI is InChI=1S/C19H21N3O/c1-13-18(15-10-6-3-7-11-15)19-20-16(12-17(23)22(19)21-13)14-8-4-2-5-9-14/h3,6-7,10-12,14,21H,2,4-5,8-9H2,1H3. The molecular formula is C19H21N3O. The Labute approximate surface area is 135 Å². The van der Waals surface area contributed by atoms with Crippen LogP contribution in [-0.4, -0.2) is 14.6 Å². The predicted octanol–water partition coefficient (Wildman–Crippen LogP) is 4.05. The fraction of sp³-hybridized carbons (Fsp3) is 0.368. The predicted molar refractivity (Wildman–Crippen MR) is 91.8 cm³/mol. The third-order valence-corrected chi connectivity index (χ3v) is 4.90. The van der Waals surface area contributed by atoms with Crippen LogP contribution < -0.4 is 5.56 Å². The van der Waals surface area contributed by atoms with Crippen LogP contribution in [0.2, 0.25) is 0 Å². The van der Waals surface area contributed by atoms with Gasteiger partial charge in [0, 0.05) is 23.2 Å². The number of aryl methyl sites for hydroxylation is 1. The van der Waals surface area contributed by atoms with Crippen LogP contribution in [0.3, 0.4) is 0 Å². The molecule has 23 heavy (non-hydrogen) atoms. The summed E-state index contributed by atoms with van der Waals surface area (Å²) in [5.41, 5.74) is 4.80. The summed E-state index contributed by atoms with van der Waals surface area (Å²) in [6.07, 6.45) is 6.07. The Kier molecular flexibility index (Phi) is 3.52. The van der Waals surface area contributed by atoms with Gasteiger partial charge in [-0.25, -0.2) is 9.50 Å². The number of nitrogens with one attached hydrogen (secondary N) is 1. The molecule has 0 saturated heterocycles. The van der Waals surface area contributed by atoms with Gasteiger partial charge < -0.3 is 0 Å². The summed E-state index contributed by atoms with van der Waals surface area (Å²) in [5, 5.41) is 3.17. The molecule has 4 heteroatoms. The number of aromatic amines is 1. The Morgan fingerprint density at radius 3 is 2.61 bits per heavy atom. The van der Waals surface area contributed by atoms with E-state index in [2.05, 4.69) is 17.2 Å². The minimum atomic E-state index is -0.0131. The Hall–Kier alpha value is -2.36. The number of hydrogen-bond donors (Lipinski definition) is 1. The highest BCUT2D eigenvalue weighted by molar-refractivity contribution is 5.79. The molecule has 0 atom stereocenters. The minimum absolute atomic E-state index is 0.0131. The largest absolute Gasteiger partial charge is 0.293 e. The van der Waals surface area contributed by atoms with E-state index in [1.807, 2.05) is 25.1 Å². The van der Waals surface area contributed by atoms with E-state index < -0.39 is 0 Å². The summed E-state index contributed by atoms with van der Waals surface area (Å²) >= 11 is 0. The third kappa shape index (κ3) is 2.48. The monoisotopic (exact) mass is 307 g/mol. The Morgan fingerprint density at radius 2 is 1.87 bits per heavy atom. The molecule has 1 saturated carbocycles. The molecule has 1 aromatic carbocycles. The Morgan fingerprint density at radius 1 is 1.13 bits per heavy atom. The summed E-state index contributed by atoms with van der Waals surface area (Å²) in [5.74, 6) is 0.431. The Bertz CT molecular complexity index is 886. The van der Waals surface area contributed by atoms with E-state index in [0.717, 1.165) is 41.0 Å². The van der Waals surface area contributed by atoms with Crippen LogP contribution in [0.15, 0.2) is 41.2 Å². The van der Waals surface area contributed by atoms with Crippen molar-refractivity contribution in [3.8, 4) is 11.1 Å². The molecule has 0 radical (unpaired) electrons. The number of aromatic nitrogens is 3. The van der Waals surface area contributed by atoms with E-state index in [0.29, 0.717) is 5.92 Å². The summed E-state index contributed by atoms with van der Waals surface area (Å²) in [7, 11) is 0. The molecule has 2 heterocycles. The lowest BCUT2D eigenvalue weighted by Gasteiger charge is -2.20. The molecule has 0 spiro atoms. The number of benzene rings is 1. The first kappa shape index (κ1) is 14.2.